The third-order valence-corrected chi connectivity index (χ3v) is 3.04. The third-order valence-electron chi connectivity index (χ3n) is 1.71. The topological polar surface area (TPSA) is 23.8 Å². The smallest absolute Gasteiger partial charge is 0.159 e. The van der Waals surface area contributed by atoms with E-state index >= 15 is 0 Å². The zero-order valence-electron chi connectivity index (χ0n) is 6.41. The van der Waals surface area contributed by atoms with Crippen molar-refractivity contribution in [1.29, 1.82) is 5.26 Å². The van der Waals surface area contributed by atoms with E-state index in [1.54, 1.807) is 18.2 Å². The highest BCUT2D eigenvalue weighted by Gasteiger charge is 2.10. The van der Waals surface area contributed by atoms with Gasteiger partial charge in [-0.25, -0.2) is 4.39 Å². The maximum absolute atomic E-state index is 13.4. The van der Waals surface area contributed by atoms with Crippen LogP contribution in [-0.2, 0) is 0 Å². The molecule has 0 saturated heterocycles. The molecule has 1 nitrogen and oxygen atoms in total. The predicted octanol–water partition coefficient (Wildman–Crippen LogP) is 3.20. The van der Waals surface area contributed by atoms with Gasteiger partial charge in [0.1, 0.15) is 10.9 Å². The van der Waals surface area contributed by atoms with Crippen LogP contribution in [-0.4, -0.2) is 0 Å². The van der Waals surface area contributed by atoms with Gasteiger partial charge in [-0.3, -0.25) is 0 Å². The Hall–Kier alpha value is -1.05. The molecule has 0 aliphatic heterocycles. The summed E-state index contributed by atoms with van der Waals surface area (Å²) in [7, 11) is 0. The molecule has 0 spiro atoms. The number of fused-ring (bicyclic) bond motifs is 1. The molecule has 0 bridgehead atoms. The largest absolute Gasteiger partial charge is 0.204 e. The lowest BCUT2D eigenvalue weighted by Gasteiger charge is -1.90. The lowest BCUT2D eigenvalue weighted by molar-refractivity contribution is 0.641. The van der Waals surface area contributed by atoms with E-state index in [9.17, 15) is 4.39 Å². The number of thiol groups is 1. The molecular formula is C9H4FNS2. The molecule has 0 N–H and O–H groups in total. The van der Waals surface area contributed by atoms with Gasteiger partial charge in [-0.05, 0) is 18.2 Å². The number of rotatable bonds is 0. The first-order valence-corrected chi connectivity index (χ1v) is 4.80. The van der Waals surface area contributed by atoms with E-state index < -0.39 is 5.82 Å². The molecule has 0 radical (unpaired) electrons. The Morgan fingerprint density at radius 3 is 2.92 bits per heavy atom. The maximum atomic E-state index is 13.4. The van der Waals surface area contributed by atoms with Crippen molar-refractivity contribution >= 4 is 34.1 Å². The average molecular weight is 209 g/mol. The zero-order valence-corrected chi connectivity index (χ0v) is 8.12. The Morgan fingerprint density at radius 2 is 2.23 bits per heavy atom. The Morgan fingerprint density at radius 1 is 1.46 bits per heavy atom. The molecule has 0 saturated carbocycles. The SMILES string of the molecule is N#Cc1sc2ccc(S)cc2c1F. The van der Waals surface area contributed by atoms with Crippen molar-refractivity contribution in [2.45, 2.75) is 4.90 Å². The van der Waals surface area contributed by atoms with Crippen LogP contribution >= 0.6 is 24.0 Å². The second-order valence-electron chi connectivity index (χ2n) is 2.54. The molecule has 0 aliphatic carbocycles. The molecule has 0 aliphatic rings. The van der Waals surface area contributed by atoms with E-state index in [0.29, 0.717) is 10.3 Å². The summed E-state index contributed by atoms with van der Waals surface area (Å²) in [5.74, 6) is -0.432. The van der Waals surface area contributed by atoms with Crippen LogP contribution in [0.2, 0.25) is 0 Å². The fraction of sp³-hybridized carbons (Fsp3) is 0. The first-order valence-electron chi connectivity index (χ1n) is 3.53. The van der Waals surface area contributed by atoms with Gasteiger partial charge in [0.25, 0.3) is 0 Å². The van der Waals surface area contributed by atoms with Gasteiger partial charge in [-0.2, -0.15) is 5.26 Å². The van der Waals surface area contributed by atoms with E-state index in [1.165, 1.54) is 0 Å². The summed E-state index contributed by atoms with van der Waals surface area (Å²) in [6.07, 6.45) is 0. The van der Waals surface area contributed by atoms with Gasteiger partial charge in [0, 0.05) is 15.0 Å². The molecule has 0 atom stereocenters. The first kappa shape index (κ1) is 8.54. The first-order chi connectivity index (χ1) is 6.22. The molecule has 1 aromatic heterocycles. The summed E-state index contributed by atoms with van der Waals surface area (Å²) >= 11 is 5.26. The number of hydrogen-bond acceptors (Lipinski definition) is 3. The van der Waals surface area contributed by atoms with Crippen LogP contribution < -0.4 is 0 Å². The Kier molecular flexibility index (Phi) is 1.98. The van der Waals surface area contributed by atoms with E-state index in [4.69, 9.17) is 5.26 Å². The molecule has 4 heteroatoms. The zero-order chi connectivity index (χ0) is 9.42. The fourth-order valence-corrected chi connectivity index (χ4v) is 2.19. The van der Waals surface area contributed by atoms with E-state index in [1.807, 2.05) is 6.07 Å². The second-order valence-corrected chi connectivity index (χ2v) is 4.11. The van der Waals surface area contributed by atoms with E-state index in [2.05, 4.69) is 12.6 Å². The van der Waals surface area contributed by atoms with E-state index in [-0.39, 0.29) is 4.88 Å². The van der Waals surface area contributed by atoms with Gasteiger partial charge in [-0.15, -0.1) is 24.0 Å². The lowest BCUT2D eigenvalue weighted by atomic mass is 10.2. The summed E-state index contributed by atoms with van der Waals surface area (Å²) in [6, 6.07) is 7.00. The Balaban J connectivity index is 2.87. The van der Waals surface area contributed by atoms with Crippen molar-refractivity contribution in [3.05, 3.63) is 28.9 Å². The number of nitriles is 1. The number of halogens is 1. The van der Waals surface area contributed by atoms with Crippen LogP contribution in [0, 0.1) is 17.1 Å². The second kappa shape index (κ2) is 3.02. The number of benzene rings is 1. The quantitative estimate of drug-likeness (QED) is 0.662. The normalized spacial score (nSPS) is 10.2. The molecule has 2 rings (SSSR count). The molecule has 1 heterocycles. The van der Waals surface area contributed by atoms with Crippen molar-refractivity contribution in [1.82, 2.24) is 0 Å². The van der Waals surface area contributed by atoms with Gasteiger partial charge in [0.15, 0.2) is 5.82 Å². The summed E-state index contributed by atoms with van der Waals surface area (Å²) in [6.45, 7) is 0. The summed E-state index contributed by atoms with van der Waals surface area (Å²) in [5, 5.41) is 9.07. The highest BCUT2D eigenvalue weighted by molar-refractivity contribution is 7.80. The van der Waals surface area contributed by atoms with Gasteiger partial charge >= 0.3 is 0 Å². The average Bonchev–Trinajstić information content (AvgIpc) is 2.44. The minimum atomic E-state index is -0.432. The van der Waals surface area contributed by atoms with Crippen LogP contribution in [0.1, 0.15) is 4.88 Å². The number of hydrogen-bond donors (Lipinski definition) is 1. The van der Waals surface area contributed by atoms with Crippen molar-refractivity contribution in [2.75, 3.05) is 0 Å². The molecule has 0 amide bonds. The summed E-state index contributed by atoms with van der Waals surface area (Å²) in [4.78, 5) is 0.836. The third kappa shape index (κ3) is 1.30. The van der Waals surface area contributed by atoms with Crippen molar-refractivity contribution in [3.8, 4) is 6.07 Å². The monoisotopic (exact) mass is 209 g/mol. The molecule has 0 unspecified atom stereocenters. The van der Waals surface area contributed by atoms with Crippen molar-refractivity contribution in [2.24, 2.45) is 0 Å². The summed E-state index contributed by atoms with van der Waals surface area (Å²) in [5.41, 5.74) is 0. The lowest BCUT2D eigenvalue weighted by Crippen LogP contribution is -1.73. The van der Waals surface area contributed by atoms with Crippen LogP contribution in [0.4, 0.5) is 4.39 Å². The molecule has 0 fully saturated rings. The van der Waals surface area contributed by atoms with Crippen LogP contribution in [0.15, 0.2) is 23.1 Å². The van der Waals surface area contributed by atoms with Crippen molar-refractivity contribution in [3.63, 3.8) is 0 Å². The van der Waals surface area contributed by atoms with E-state index in [0.717, 1.165) is 16.0 Å². The van der Waals surface area contributed by atoms with Crippen LogP contribution in [0.3, 0.4) is 0 Å². The van der Waals surface area contributed by atoms with Gasteiger partial charge in [-0.1, -0.05) is 0 Å². The predicted molar refractivity (Wildman–Crippen MR) is 53.8 cm³/mol. The molecule has 2 aromatic rings. The molecular weight excluding hydrogens is 205 g/mol. The van der Waals surface area contributed by atoms with Gasteiger partial charge in [0.05, 0.1) is 0 Å². The minimum Gasteiger partial charge on any atom is -0.204 e. The molecule has 13 heavy (non-hydrogen) atoms. The fourth-order valence-electron chi connectivity index (χ4n) is 1.13. The van der Waals surface area contributed by atoms with Crippen LogP contribution in [0.5, 0.6) is 0 Å². The maximum Gasteiger partial charge on any atom is 0.159 e. The highest BCUT2D eigenvalue weighted by atomic mass is 32.1. The number of thiophene rings is 1. The van der Waals surface area contributed by atoms with Crippen LogP contribution in [0.25, 0.3) is 10.1 Å². The van der Waals surface area contributed by atoms with Gasteiger partial charge < -0.3 is 0 Å². The number of nitrogens with zero attached hydrogens (tertiary/aromatic N) is 1. The molecule has 64 valence electrons. The Labute approximate surface area is 83.8 Å². The minimum absolute atomic E-state index is 0.133. The molecule has 1 aromatic carbocycles. The highest BCUT2D eigenvalue weighted by Crippen LogP contribution is 2.30. The van der Waals surface area contributed by atoms with Crippen molar-refractivity contribution < 1.29 is 4.39 Å². The Bertz CT molecular complexity index is 510. The van der Waals surface area contributed by atoms with Gasteiger partial charge in [0.2, 0.25) is 0 Å². The summed E-state index contributed by atoms with van der Waals surface area (Å²) < 4.78 is 14.1. The standard InChI is InChI=1S/C9H4FNS2/c10-9-6-3-5(12)1-2-7(6)13-8(9)4-11/h1-3,12H.